The molecule has 0 saturated heterocycles. The third-order valence-electron chi connectivity index (χ3n) is 2.84. The quantitative estimate of drug-likeness (QED) is 0.762. The van der Waals surface area contributed by atoms with Gasteiger partial charge in [0, 0.05) is 24.0 Å². The monoisotopic (exact) mass is 297 g/mol. The highest BCUT2D eigenvalue weighted by Crippen LogP contribution is 2.13. The van der Waals surface area contributed by atoms with Crippen LogP contribution >= 0.6 is 15.9 Å². The first-order chi connectivity index (χ1) is 8.06. The van der Waals surface area contributed by atoms with Gasteiger partial charge >= 0.3 is 0 Å². The van der Waals surface area contributed by atoms with Gasteiger partial charge in [0.15, 0.2) is 0 Å². The van der Waals surface area contributed by atoms with Crippen molar-refractivity contribution in [3.8, 4) is 0 Å². The second kappa shape index (κ2) is 6.80. The van der Waals surface area contributed by atoms with Crippen molar-refractivity contribution in [1.82, 2.24) is 4.90 Å². The number of alkyl halides is 1. The Labute approximate surface area is 112 Å². The molecule has 0 heterocycles. The first kappa shape index (κ1) is 14.2. The summed E-state index contributed by atoms with van der Waals surface area (Å²) < 4.78 is 0. The number of aryl methyl sites for hydroxylation is 1. The molecule has 1 aromatic carbocycles. The van der Waals surface area contributed by atoms with E-state index in [9.17, 15) is 4.79 Å². The van der Waals surface area contributed by atoms with E-state index in [-0.39, 0.29) is 5.91 Å². The number of amides is 1. The van der Waals surface area contributed by atoms with Crippen molar-refractivity contribution in [2.75, 3.05) is 13.6 Å². The van der Waals surface area contributed by atoms with E-state index in [0.717, 1.165) is 30.5 Å². The topological polar surface area (TPSA) is 20.3 Å². The minimum atomic E-state index is 0.121. The van der Waals surface area contributed by atoms with E-state index in [1.54, 1.807) is 4.90 Å². The Morgan fingerprint density at radius 1 is 1.41 bits per heavy atom. The minimum absolute atomic E-state index is 0.121. The first-order valence-electron chi connectivity index (χ1n) is 6.03. The van der Waals surface area contributed by atoms with Gasteiger partial charge in [0.05, 0.1) is 0 Å². The molecule has 0 N–H and O–H groups in total. The van der Waals surface area contributed by atoms with E-state index in [0.29, 0.717) is 4.83 Å². The lowest BCUT2D eigenvalue weighted by Crippen LogP contribution is -2.29. The molecule has 1 atom stereocenters. The van der Waals surface area contributed by atoms with E-state index in [2.05, 4.69) is 29.8 Å². The molecule has 0 aromatic heterocycles. The maximum atomic E-state index is 12.2. The van der Waals surface area contributed by atoms with Gasteiger partial charge in [0.25, 0.3) is 5.91 Å². The summed E-state index contributed by atoms with van der Waals surface area (Å²) in [5, 5.41) is 0. The van der Waals surface area contributed by atoms with Crippen LogP contribution in [0.25, 0.3) is 0 Å². The summed E-state index contributed by atoms with van der Waals surface area (Å²) in [6, 6.07) is 7.84. The molecule has 1 unspecified atom stereocenters. The summed E-state index contributed by atoms with van der Waals surface area (Å²) in [4.78, 5) is 14.5. The van der Waals surface area contributed by atoms with Gasteiger partial charge in [-0.3, -0.25) is 4.79 Å². The van der Waals surface area contributed by atoms with Crippen LogP contribution < -0.4 is 0 Å². The molecular formula is C14H20BrNO. The Hall–Kier alpha value is -0.830. The molecule has 0 saturated carbocycles. The van der Waals surface area contributed by atoms with E-state index in [1.807, 2.05) is 31.3 Å². The van der Waals surface area contributed by atoms with Gasteiger partial charge in [-0.15, -0.1) is 0 Å². The molecule has 2 nitrogen and oxygen atoms in total. The third-order valence-corrected chi connectivity index (χ3v) is 3.30. The largest absolute Gasteiger partial charge is 0.342 e. The second-order valence-corrected chi connectivity index (χ2v) is 5.87. The zero-order chi connectivity index (χ0) is 12.8. The highest BCUT2D eigenvalue weighted by atomic mass is 79.9. The van der Waals surface area contributed by atoms with Gasteiger partial charge < -0.3 is 4.90 Å². The Balaban J connectivity index is 2.74. The Kier molecular flexibility index (Phi) is 5.69. The van der Waals surface area contributed by atoms with Crippen LogP contribution in [0.1, 0.15) is 36.2 Å². The molecule has 3 heteroatoms. The SMILES string of the molecule is CCc1ccccc1C(=O)N(C)CCC(C)Br. The van der Waals surface area contributed by atoms with Gasteiger partial charge in [-0.05, 0) is 24.5 Å². The van der Waals surface area contributed by atoms with Gasteiger partial charge in [0.1, 0.15) is 0 Å². The van der Waals surface area contributed by atoms with E-state index >= 15 is 0 Å². The van der Waals surface area contributed by atoms with Crippen LogP contribution in [0, 0.1) is 0 Å². The summed E-state index contributed by atoms with van der Waals surface area (Å²) in [6.45, 7) is 4.95. The fourth-order valence-electron chi connectivity index (χ4n) is 1.72. The van der Waals surface area contributed by atoms with Crippen molar-refractivity contribution in [2.45, 2.75) is 31.5 Å². The summed E-state index contributed by atoms with van der Waals surface area (Å²) in [5.41, 5.74) is 1.95. The molecule has 0 fully saturated rings. The number of benzene rings is 1. The molecule has 1 aromatic rings. The van der Waals surface area contributed by atoms with Crippen LogP contribution in [0.2, 0.25) is 0 Å². The van der Waals surface area contributed by atoms with Crippen molar-refractivity contribution < 1.29 is 4.79 Å². The van der Waals surface area contributed by atoms with Crippen molar-refractivity contribution >= 4 is 21.8 Å². The molecule has 0 aliphatic carbocycles. The van der Waals surface area contributed by atoms with Gasteiger partial charge in [-0.2, -0.15) is 0 Å². The van der Waals surface area contributed by atoms with Crippen LogP contribution in [-0.4, -0.2) is 29.2 Å². The van der Waals surface area contributed by atoms with Gasteiger partial charge in [-0.25, -0.2) is 0 Å². The van der Waals surface area contributed by atoms with E-state index in [1.165, 1.54) is 0 Å². The fraction of sp³-hybridized carbons (Fsp3) is 0.500. The number of halogens is 1. The Morgan fingerprint density at radius 2 is 2.06 bits per heavy atom. The lowest BCUT2D eigenvalue weighted by atomic mass is 10.0. The molecule has 0 spiro atoms. The van der Waals surface area contributed by atoms with Crippen LogP contribution in [0.5, 0.6) is 0 Å². The summed E-state index contributed by atoms with van der Waals surface area (Å²) >= 11 is 3.50. The molecule has 1 rings (SSSR count). The lowest BCUT2D eigenvalue weighted by Gasteiger charge is -2.19. The molecule has 0 aliphatic rings. The lowest BCUT2D eigenvalue weighted by molar-refractivity contribution is 0.0793. The summed E-state index contributed by atoms with van der Waals surface area (Å²) in [5.74, 6) is 0.121. The normalized spacial score (nSPS) is 12.2. The van der Waals surface area contributed by atoms with Crippen LogP contribution in [0.15, 0.2) is 24.3 Å². The molecule has 1 amide bonds. The Bertz CT molecular complexity index is 376. The van der Waals surface area contributed by atoms with Crippen molar-refractivity contribution in [2.24, 2.45) is 0 Å². The van der Waals surface area contributed by atoms with Crippen LogP contribution in [0.3, 0.4) is 0 Å². The van der Waals surface area contributed by atoms with E-state index in [4.69, 9.17) is 0 Å². The average molecular weight is 298 g/mol. The van der Waals surface area contributed by atoms with Gasteiger partial charge in [-0.1, -0.05) is 48.0 Å². The first-order valence-corrected chi connectivity index (χ1v) is 6.95. The number of hydrogen-bond acceptors (Lipinski definition) is 1. The zero-order valence-electron chi connectivity index (χ0n) is 10.7. The average Bonchev–Trinajstić information content (AvgIpc) is 2.34. The predicted molar refractivity (Wildman–Crippen MR) is 75.8 cm³/mol. The van der Waals surface area contributed by atoms with Crippen molar-refractivity contribution in [1.29, 1.82) is 0 Å². The zero-order valence-corrected chi connectivity index (χ0v) is 12.3. The number of nitrogens with zero attached hydrogens (tertiary/aromatic N) is 1. The molecule has 17 heavy (non-hydrogen) atoms. The maximum absolute atomic E-state index is 12.2. The number of carbonyl (C=O) groups excluding carboxylic acids is 1. The van der Waals surface area contributed by atoms with Crippen LogP contribution in [-0.2, 0) is 6.42 Å². The Morgan fingerprint density at radius 3 is 2.65 bits per heavy atom. The molecule has 0 aliphatic heterocycles. The molecule has 0 bridgehead atoms. The van der Waals surface area contributed by atoms with Crippen molar-refractivity contribution in [3.05, 3.63) is 35.4 Å². The fourth-order valence-corrected chi connectivity index (χ4v) is 1.92. The standard InChI is InChI=1S/C14H20BrNO/c1-4-12-7-5-6-8-13(12)14(17)16(3)10-9-11(2)15/h5-8,11H,4,9-10H2,1-3H3. The summed E-state index contributed by atoms with van der Waals surface area (Å²) in [7, 11) is 1.87. The van der Waals surface area contributed by atoms with Crippen LogP contribution in [0.4, 0.5) is 0 Å². The summed E-state index contributed by atoms with van der Waals surface area (Å²) in [6.07, 6.45) is 1.86. The van der Waals surface area contributed by atoms with Crippen molar-refractivity contribution in [3.63, 3.8) is 0 Å². The maximum Gasteiger partial charge on any atom is 0.253 e. The molecular weight excluding hydrogens is 278 g/mol. The second-order valence-electron chi connectivity index (χ2n) is 4.31. The number of rotatable bonds is 5. The third kappa shape index (κ3) is 4.15. The highest BCUT2D eigenvalue weighted by Gasteiger charge is 2.14. The number of hydrogen-bond donors (Lipinski definition) is 0. The predicted octanol–water partition coefficient (Wildman–Crippen LogP) is 3.49. The highest BCUT2D eigenvalue weighted by molar-refractivity contribution is 9.09. The van der Waals surface area contributed by atoms with E-state index < -0.39 is 0 Å². The van der Waals surface area contributed by atoms with Gasteiger partial charge in [0.2, 0.25) is 0 Å². The number of carbonyl (C=O) groups is 1. The molecule has 94 valence electrons. The minimum Gasteiger partial charge on any atom is -0.342 e. The smallest absolute Gasteiger partial charge is 0.253 e. The molecule has 0 radical (unpaired) electrons.